The Labute approximate surface area is 131 Å². The molecular formula is C15H17BrN2OS. The quantitative estimate of drug-likeness (QED) is 0.850. The van der Waals surface area contributed by atoms with Gasteiger partial charge in [0, 0.05) is 34.5 Å². The molecule has 106 valence electrons. The van der Waals surface area contributed by atoms with E-state index in [9.17, 15) is 4.79 Å². The fourth-order valence-corrected chi connectivity index (χ4v) is 3.18. The molecule has 1 atom stereocenters. The van der Waals surface area contributed by atoms with Crippen LogP contribution in [0.2, 0.25) is 0 Å². The third kappa shape index (κ3) is 3.41. The number of carbonyl (C=O) groups excluding carboxylic acids is 1. The monoisotopic (exact) mass is 352 g/mol. The van der Waals surface area contributed by atoms with E-state index in [1.54, 1.807) is 28.4 Å². The van der Waals surface area contributed by atoms with Crippen molar-refractivity contribution in [3.8, 4) is 0 Å². The lowest BCUT2D eigenvalue weighted by atomic mass is 10.1. The van der Waals surface area contributed by atoms with E-state index >= 15 is 0 Å². The first-order valence-electron chi connectivity index (χ1n) is 6.33. The molecular weight excluding hydrogens is 336 g/mol. The highest BCUT2D eigenvalue weighted by Crippen LogP contribution is 2.21. The molecule has 0 bridgehead atoms. The Bertz CT molecular complexity index is 598. The minimum atomic E-state index is -0.0425. The van der Waals surface area contributed by atoms with E-state index in [0.717, 1.165) is 10.9 Å². The third-order valence-corrected chi connectivity index (χ3v) is 4.69. The fraction of sp³-hybridized carbons (Fsp3) is 0.267. The lowest BCUT2D eigenvalue weighted by Crippen LogP contribution is -2.36. The molecule has 1 heterocycles. The molecule has 1 amide bonds. The van der Waals surface area contributed by atoms with Crippen LogP contribution in [0.25, 0.3) is 0 Å². The van der Waals surface area contributed by atoms with Crippen LogP contribution >= 0.6 is 27.3 Å². The van der Waals surface area contributed by atoms with Gasteiger partial charge in [-0.2, -0.15) is 0 Å². The number of rotatable bonds is 4. The van der Waals surface area contributed by atoms with Crippen LogP contribution in [0, 0.1) is 0 Å². The molecule has 0 aliphatic rings. The maximum Gasteiger partial charge on any atom is 0.255 e. The molecule has 20 heavy (non-hydrogen) atoms. The number of halogens is 1. The van der Waals surface area contributed by atoms with Gasteiger partial charge in [-0.25, -0.2) is 0 Å². The van der Waals surface area contributed by atoms with Crippen LogP contribution in [0.1, 0.15) is 22.2 Å². The molecule has 0 fully saturated rings. The summed E-state index contributed by atoms with van der Waals surface area (Å²) in [5.74, 6) is -0.0425. The summed E-state index contributed by atoms with van der Waals surface area (Å²) in [6, 6.07) is 9.60. The van der Waals surface area contributed by atoms with Crippen LogP contribution in [0.4, 0.5) is 5.69 Å². The van der Waals surface area contributed by atoms with E-state index in [4.69, 9.17) is 5.73 Å². The van der Waals surface area contributed by atoms with Crippen LogP contribution in [-0.2, 0) is 6.42 Å². The van der Waals surface area contributed by atoms with E-state index in [2.05, 4.69) is 27.4 Å². The van der Waals surface area contributed by atoms with Gasteiger partial charge in [0.2, 0.25) is 0 Å². The summed E-state index contributed by atoms with van der Waals surface area (Å²) in [5, 5.41) is 2.05. The number of nitrogens with zero attached hydrogens (tertiary/aromatic N) is 1. The van der Waals surface area contributed by atoms with Gasteiger partial charge in [0.25, 0.3) is 5.91 Å². The van der Waals surface area contributed by atoms with Crippen LogP contribution in [-0.4, -0.2) is 23.9 Å². The van der Waals surface area contributed by atoms with Gasteiger partial charge in [-0.15, -0.1) is 11.3 Å². The molecule has 1 aromatic heterocycles. The second kappa shape index (κ2) is 6.41. The highest BCUT2D eigenvalue weighted by molar-refractivity contribution is 9.10. The van der Waals surface area contributed by atoms with Gasteiger partial charge in [0.05, 0.1) is 5.56 Å². The summed E-state index contributed by atoms with van der Waals surface area (Å²) in [6.07, 6.45) is 0.857. The summed E-state index contributed by atoms with van der Waals surface area (Å²) in [7, 11) is 1.82. The minimum absolute atomic E-state index is 0.0425. The molecule has 3 nitrogen and oxygen atoms in total. The van der Waals surface area contributed by atoms with Crippen molar-refractivity contribution >= 4 is 38.9 Å². The number of carbonyl (C=O) groups is 1. The van der Waals surface area contributed by atoms with E-state index < -0.39 is 0 Å². The standard InChI is InChI=1S/C15H17BrN2OS/c1-10(8-12-4-3-7-20-12)18(2)15(19)13-6-5-11(16)9-14(13)17/h3-7,9-10H,8,17H2,1-2H3. The van der Waals surface area contributed by atoms with Gasteiger partial charge in [-0.1, -0.05) is 22.0 Å². The topological polar surface area (TPSA) is 46.3 Å². The van der Waals surface area contributed by atoms with Crippen LogP contribution in [0.3, 0.4) is 0 Å². The zero-order valence-corrected chi connectivity index (χ0v) is 13.9. The number of hydrogen-bond donors (Lipinski definition) is 1. The second-order valence-corrected chi connectivity index (χ2v) is 6.73. The number of nitrogen functional groups attached to an aromatic ring is 1. The Morgan fingerprint density at radius 3 is 2.80 bits per heavy atom. The van der Waals surface area contributed by atoms with Crippen molar-refractivity contribution in [3.63, 3.8) is 0 Å². The van der Waals surface area contributed by atoms with Crippen molar-refractivity contribution < 1.29 is 4.79 Å². The highest BCUT2D eigenvalue weighted by atomic mass is 79.9. The average Bonchev–Trinajstić information content (AvgIpc) is 2.90. The number of anilines is 1. The molecule has 0 saturated carbocycles. The van der Waals surface area contributed by atoms with Gasteiger partial charge in [-0.05, 0) is 36.6 Å². The molecule has 1 unspecified atom stereocenters. The summed E-state index contributed by atoms with van der Waals surface area (Å²) in [4.78, 5) is 15.5. The normalized spacial score (nSPS) is 12.2. The van der Waals surface area contributed by atoms with Crippen LogP contribution < -0.4 is 5.73 Å². The van der Waals surface area contributed by atoms with Gasteiger partial charge in [0.15, 0.2) is 0 Å². The van der Waals surface area contributed by atoms with Crippen molar-refractivity contribution in [2.75, 3.05) is 12.8 Å². The minimum Gasteiger partial charge on any atom is -0.398 e. The Hall–Kier alpha value is -1.33. The number of thiophene rings is 1. The molecule has 1 aromatic carbocycles. The fourth-order valence-electron chi connectivity index (χ4n) is 1.98. The van der Waals surface area contributed by atoms with Gasteiger partial charge >= 0.3 is 0 Å². The Morgan fingerprint density at radius 1 is 1.45 bits per heavy atom. The first-order valence-corrected chi connectivity index (χ1v) is 8.01. The second-order valence-electron chi connectivity index (χ2n) is 4.78. The Kier molecular flexibility index (Phi) is 4.83. The number of likely N-dealkylation sites (N-methyl/N-ethyl adjacent to an activating group) is 1. The van der Waals surface area contributed by atoms with Crippen LogP contribution in [0.5, 0.6) is 0 Å². The van der Waals surface area contributed by atoms with E-state index in [-0.39, 0.29) is 11.9 Å². The summed E-state index contributed by atoms with van der Waals surface area (Å²) in [5.41, 5.74) is 6.97. The first-order chi connectivity index (χ1) is 9.49. The summed E-state index contributed by atoms with van der Waals surface area (Å²) in [6.45, 7) is 2.05. The summed E-state index contributed by atoms with van der Waals surface area (Å²) >= 11 is 5.06. The molecule has 5 heteroatoms. The summed E-state index contributed by atoms with van der Waals surface area (Å²) < 4.78 is 0.876. The van der Waals surface area contributed by atoms with Crippen molar-refractivity contribution in [2.24, 2.45) is 0 Å². The number of benzene rings is 1. The number of nitrogens with two attached hydrogens (primary N) is 1. The van der Waals surface area contributed by atoms with Gasteiger partial charge in [0.1, 0.15) is 0 Å². The maximum atomic E-state index is 12.5. The highest BCUT2D eigenvalue weighted by Gasteiger charge is 2.20. The molecule has 2 aromatic rings. The third-order valence-electron chi connectivity index (χ3n) is 3.30. The molecule has 0 aliphatic carbocycles. The zero-order valence-electron chi connectivity index (χ0n) is 11.5. The Balaban J connectivity index is 2.11. The number of hydrogen-bond acceptors (Lipinski definition) is 3. The van der Waals surface area contributed by atoms with Gasteiger partial charge < -0.3 is 10.6 Å². The van der Waals surface area contributed by atoms with Crippen molar-refractivity contribution in [1.82, 2.24) is 4.90 Å². The smallest absolute Gasteiger partial charge is 0.255 e. The maximum absolute atomic E-state index is 12.5. The van der Waals surface area contributed by atoms with Crippen LogP contribution in [0.15, 0.2) is 40.2 Å². The van der Waals surface area contributed by atoms with Crippen molar-refractivity contribution in [2.45, 2.75) is 19.4 Å². The molecule has 0 radical (unpaired) electrons. The largest absolute Gasteiger partial charge is 0.398 e. The van der Waals surface area contributed by atoms with Gasteiger partial charge in [-0.3, -0.25) is 4.79 Å². The molecule has 0 spiro atoms. The van der Waals surface area contributed by atoms with Crippen molar-refractivity contribution in [1.29, 1.82) is 0 Å². The SMILES string of the molecule is CC(Cc1cccs1)N(C)C(=O)c1ccc(Br)cc1N. The molecule has 0 aliphatic heterocycles. The zero-order chi connectivity index (χ0) is 14.7. The lowest BCUT2D eigenvalue weighted by Gasteiger charge is -2.25. The Morgan fingerprint density at radius 2 is 2.20 bits per heavy atom. The molecule has 2 rings (SSSR count). The van der Waals surface area contributed by atoms with E-state index in [1.807, 2.05) is 26.1 Å². The lowest BCUT2D eigenvalue weighted by molar-refractivity contribution is 0.0745. The predicted molar refractivity (Wildman–Crippen MR) is 88.1 cm³/mol. The van der Waals surface area contributed by atoms with E-state index in [1.165, 1.54) is 4.88 Å². The molecule has 2 N–H and O–H groups in total. The van der Waals surface area contributed by atoms with Crippen molar-refractivity contribution in [3.05, 3.63) is 50.6 Å². The van der Waals surface area contributed by atoms with E-state index in [0.29, 0.717) is 11.3 Å². The number of amides is 1. The predicted octanol–water partition coefficient (Wildman–Crippen LogP) is 3.80. The first kappa shape index (κ1) is 15.1. The average molecular weight is 353 g/mol. The molecule has 0 saturated heterocycles.